The fourth-order valence-corrected chi connectivity index (χ4v) is 3.97. The summed E-state index contributed by atoms with van der Waals surface area (Å²) in [6.07, 6.45) is 5.98. The summed E-state index contributed by atoms with van der Waals surface area (Å²) >= 11 is 0. The Hall–Kier alpha value is -1.08. The molecule has 1 atom stereocenters. The van der Waals surface area contributed by atoms with Crippen molar-refractivity contribution in [1.82, 2.24) is 14.5 Å². The topological polar surface area (TPSA) is 90.0 Å². The normalized spacial score (nSPS) is 19.2. The van der Waals surface area contributed by atoms with E-state index in [1.165, 1.54) is 23.7 Å². The molecule has 1 aliphatic rings. The molecule has 102 valence electrons. The summed E-state index contributed by atoms with van der Waals surface area (Å²) in [6, 6.07) is -0.0582. The Morgan fingerprint density at radius 3 is 2.61 bits per heavy atom. The van der Waals surface area contributed by atoms with Crippen LogP contribution in [-0.2, 0) is 17.1 Å². The number of aryl methyl sites for hydroxylation is 1. The zero-order valence-electron chi connectivity index (χ0n) is 10.8. The summed E-state index contributed by atoms with van der Waals surface area (Å²) in [6.45, 7) is 1.92. The van der Waals surface area contributed by atoms with Crippen LogP contribution in [0.3, 0.4) is 0 Å². The number of nitrogens with zero attached hydrogens (tertiary/aromatic N) is 2. The SMILES string of the molecule is CC(NS(=O)(=O)c1cn(C)nc1N)C1CCCC1. The number of hydrogen-bond acceptors (Lipinski definition) is 4. The molecule has 0 aliphatic heterocycles. The van der Waals surface area contributed by atoms with Gasteiger partial charge in [-0.15, -0.1) is 0 Å². The van der Waals surface area contributed by atoms with E-state index in [1.807, 2.05) is 6.92 Å². The molecule has 1 aliphatic carbocycles. The van der Waals surface area contributed by atoms with Gasteiger partial charge in [0.1, 0.15) is 4.90 Å². The molecule has 0 saturated heterocycles. The minimum atomic E-state index is -3.57. The summed E-state index contributed by atoms with van der Waals surface area (Å²) in [5.41, 5.74) is 5.61. The van der Waals surface area contributed by atoms with Gasteiger partial charge in [0, 0.05) is 19.3 Å². The summed E-state index contributed by atoms with van der Waals surface area (Å²) in [7, 11) is -1.92. The third-order valence-corrected chi connectivity index (χ3v) is 5.14. The fraction of sp³-hybridized carbons (Fsp3) is 0.727. The molecule has 0 spiro atoms. The third kappa shape index (κ3) is 2.67. The van der Waals surface area contributed by atoms with Crippen LogP contribution in [0, 0.1) is 5.92 Å². The van der Waals surface area contributed by atoms with Crippen LogP contribution in [0.5, 0.6) is 0 Å². The highest BCUT2D eigenvalue weighted by Crippen LogP contribution is 2.28. The second-order valence-corrected chi connectivity index (χ2v) is 6.69. The zero-order valence-corrected chi connectivity index (χ0v) is 11.6. The first kappa shape index (κ1) is 13.4. The van der Waals surface area contributed by atoms with Crippen molar-refractivity contribution in [1.29, 1.82) is 0 Å². The predicted octanol–water partition coefficient (Wildman–Crippen LogP) is 0.859. The van der Waals surface area contributed by atoms with Crippen LogP contribution in [0.4, 0.5) is 5.82 Å². The van der Waals surface area contributed by atoms with Gasteiger partial charge >= 0.3 is 0 Å². The highest BCUT2D eigenvalue weighted by Gasteiger charge is 2.28. The van der Waals surface area contributed by atoms with Gasteiger partial charge in [-0.25, -0.2) is 13.1 Å². The maximum absolute atomic E-state index is 12.2. The van der Waals surface area contributed by atoms with Crippen molar-refractivity contribution in [3.8, 4) is 0 Å². The van der Waals surface area contributed by atoms with Crippen LogP contribution in [0.2, 0.25) is 0 Å². The molecule has 0 radical (unpaired) electrons. The molecule has 0 aromatic carbocycles. The van der Waals surface area contributed by atoms with Gasteiger partial charge in [0.2, 0.25) is 10.0 Å². The molecule has 2 rings (SSSR count). The molecule has 0 bridgehead atoms. The predicted molar refractivity (Wildman–Crippen MR) is 69.4 cm³/mol. The van der Waals surface area contributed by atoms with Crippen LogP contribution in [0.15, 0.2) is 11.1 Å². The van der Waals surface area contributed by atoms with Gasteiger partial charge in [-0.3, -0.25) is 4.68 Å². The highest BCUT2D eigenvalue weighted by molar-refractivity contribution is 7.89. The molecular weight excluding hydrogens is 252 g/mol. The van der Waals surface area contributed by atoms with Gasteiger partial charge < -0.3 is 5.73 Å². The Balaban J connectivity index is 2.14. The number of sulfonamides is 1. The van der Waals surface area contributed by atoms with E-state index in [0.29, 0.717) is 5.92 Å². The molecule has 7 heteroatoms. The minimum Gasteiger partial charge on any atom is -0.381 e. The molecule has 1 saturated carbocycles. The molecule has 1 aromatic rings. The van der Waals surface area contributed by atoms with E-state index in [1.54, 1.807) is 7.05 Å². The number of hydrogen-bond donors (Lipinski definition) is 2. The van der Waals surface area contributed by atoms with Crippen molar-refractivity contribution >= 4 is 15.8 Å². The molecule has 0 amide bonds. The van der Waals surface area contributed by atoms with Crippen LogP contribution >= 0.6 is 0 Å². The number of nitrogens with one attached hydrogen (secondary N) is 1. The summed E-state index contributed by atoms with van der Waals surface area (Å²) in [5.74, 6) is 0.473. The number of rotatable bonds is 4. The minimum absolute atomic E-state index is 0.0450. The van der Waals surface area contributed by atoms with E-state index in [2.05, 4.69) is 9.82 Å². The van der Waals surface area contributed by atoms with E-state index in [4.69, 9.17) is 5.73 Å². The molecule has 1 aromatic heterocycles. The maximum atomic E-state index is 12.2. The second kappa shape index (κ2) is 4.89. The smallest absolute Gasteiger partial charge is 0.246 e. The fourth-order valence-electron chi connectivity index (χ4n) is 2.55. The zero-order chi connectivity index (χ0) is 13.3. The number of nitrogens with two attached hydrogens (primary N) is 1. The molecular formula is C11H20N4O2S. The molecule has 18 heavy (non-hydrogen) atoms. The first-order valence-electron chi connectivity index (χ1n) is 6.21. The van der Waals surface area contributed by atoms with E-state index in [-0.39, 0.29) is 16.8 Å². The van der Waals surface area contributed by atoms with Crippen molar-refractivity contribution in [3.63, 3.8) is 0 Å². The van der Waals surface area contributed by atoms with Gasteiger partial charge in [0.25, 0.3) is 0 Å². The van der Waals surface area contributed by atoms with Crippen LogP contribution in [0.1, 0.15) is 32.6 Å². The molecule has 1 fully saturated rings. The lowest BCUT2D eigenvalue weighted by Crippen LogP contribution is -2.37. The van der Waals surface area contributed by atoms with Gasteiger partial charge in [-0.05, 0) is 25.7 Å². The first-order chi connectivity index (χ1) is 8.40. The van der Waals surface area contributed by atoms with E-state index < -0.39 is 10.0 Å². The first-order valence-corrected chi connectivity index (χ1v) is 7.70. The van der Waals surface area contributed by atoms with Crippen molar-refractivity contribution in [2.75, 3.05) is 5.73 Å². The molecule has 1 heterocycles. The quantitative estimate of drug-likeness (QED) is 0.850. The van der Waals surface area contributed by atoms with Crippen LogP contribution in [0.25, 0.3) is 0 Å². The molecule has 3 N–H and O–H groups in total. The van der Waals surface area contributed by atoms with E-state index in [9.17, 15) is 8.42 Å². The van der Waals surface area contributed by atoms with Crippen molar-refractivity contribution in [2.45, 2.75) is 43.5 Å². The summed E-state index contributed by atoms with van der Waals surface area (Å²) in [4.78, 5) is 0.0647. The number of aromatic nitrogens is 2. The lowest BCUT2D eigenvalue weighted by atomic mass is 10.0. The Labute approximate surface area is 108 Å². The van der Waals surface area contributed by atoms with Gasteiger partial charge in [0.05, 0.1) is 0 Å². The summed E-state index contributed by atoms with van der Waals surface area (Å²) < 4.78 is 28.5. The summed E-state index contributed by atoms with van der Waals surface area (Å²) in [5, 5.41) is 3.86. The number of nitrogen functional groups attached to an aromatic ring is 1. The highest BCUT2D eigenvalue weighted by atomic mass is 32.2. The Morgan fingerprint density at radius 2 is 2.11 bits per heavy atom. The van der Waals surface area contributed by atoms with Gasteiger partial charge in [-0.1, -0.05) is 12.8 Å². The van der Waals surface area contributed by atoms with Gasteiger partial charge in [-0.2, -0.15) is 5.10 Å². The molecule has 1 unspecified atom stereocenters. The number of anilines is 1. The lowest BCUT2D eigenvalue weighted by Gasteiger charge is -2.19. The van der Waals surface area contributed by atoms with Crippen LogP contribution in [-0.4, -0.2) is 24.2 Å². The second-order valence-electron chi connectivity index (χ2n) is 5.01. The lowest BCUT2D eigenvalue weighted by molar-refractivity contribution is 0.424. The van der Waals surface area contributed by atoms with E-state index in [0.717, 1.165) is 12.8 Å². The third-order valence-electron chi connectivity index (χ3n) is 3.56. The molecule has 6 nitrogen and oxygen atoms in total. The largest absolute Gasteiger partial charge is 0.381 e. The maximum Gasteiger partial charge on any atom is 0.246 e. The van der Waals surface area contributed by atoms with Crippen molar-refractivity contribution in [2.24, 2.45) is 13.0 Å². The van der Waals surface area contributed by atoms with Crippen molar-refractivity contribution < 1.29 is 8.42 Å². The average molecular weight is 272 g/mol. The van der Waals surface area contributed by atoms with Crippen LogP contribution < -0.4 is 10.5 Å². The Morgan fingerprint density at radius 1 is 1.50 bits per heavy atom. The average Bonchev–Trinajstić information content (AvgIpc) is 2.86. The van der Waals surface area contributed by atoms with Crippen molar-refractivity contribution in [3.05, 3.63) is 6.20 Å². The van der Waals surface area contributed by atoms with Gasteiger partial charge in [0.15, 0.2) is 5.82 Å². The monoisotopic (exact) mass is 272 g/mol. The Bertz CT molecular complexity index is 517. The van der Waals surface area contributed by atoms with E-state index >= 15 is 0 Å². The Kier molecular flexibility index (Phi) is 3.63. The standard InChI is InChI=1S/C11H20N4O2S/c1-8(9-5-3-4-6-9)14-18(16,17)10-7-15(2)13-11(10)12/h7-9,14H,3-6H2,1-2H3,(H2,12,13).